The number of amides is 1. The Labute approximate surface area is 98.7 Å². The minimum atomic E-state index is -0.0513. The quantitative estimate of drug-likeness (QED) is 0.727. The third-order valence-electron chi connectivity index (χ3n) is 3.26. The predicted molar refractivity (Wildman–Crippen MR) is 67.0 cm³/mol. The molecule has 0 aromatic rings. The van der Waals surface area contributed by atoms with Crippen LogP contribution in [0.1, 0.15) is 34.1 Å². The summed E-state index contributed by atoms with van der Waals surface area (Å²) in [5.41, 5.74) is 7.20. The van der Waals surface area contributed by atoms with Gasteiger partial charge in [0.25, 0.3) is 0 Å². The van der Waals surface area contributed by atoms with Crippen LogP contribution >= 0.6 is 0 Å². The van der Waals surface area contributed by atoms with Crippen molar-refractivity contribution in [3.05, 3.63) is 11.6 Å². The second-order valence-electron chi connectivity index (χ2n) is 5.65. The van der Waals surface area contributed by atoms with Gasteiger partial charge in [-0.1, -0.05) is 39.3 Å². The molecule has 16 heavy (non-hydrogen) atoms. The zero-order chi connectivity index (χ0) is 12.3. The lowest BCUT2D eigenvalue weighted by molar-refractivity contribution is -0.134. The van der Waals surface area contributed by atoms with Gasteiger partial charge in [-0.3, -0.25) is 4.79 Å². The fraction of sp³-hybridized carbons (Fsp3) is 0.769. The van der Waals surface area contributed by atoms with E-state index < -0.39 is 0 Å². The molecule has 3 nitrogen and oxygen atoms in total. The largest absolute Gasteiger partial charge is 0.338 e. The third kappa shape index (κ3) is 3.08. The first kappa shape index (κ1) is 13.2. The molecule has 1 rings (SSSR count). The predicted octanol–water partition coefficient (Wildman–Crippen LogP) is 1.79. The summed E-state index contributed by atoms with van der Waals surface area (Å²) in [6, 6.07) is 0. The van der Waals surface area contributed by atoms with Crippen LogP contribution in [0.25, 0.3) is 0 Å². The van der Waals surface area contributed by atoms with Crippen molar-refractivity contribution in [2.45, 2.75) is 34.1 Å². The molecule has 1 amide bonds. The lowest BCUT2D eigenvalue weighted by atomic mass is 9.83. The van der Waals surface area contributed by atoms with Gasteiger partial charge >= 0.3 is 0 Å². The molecular weight excluding hydrogens is 200 g/mol. The Kier molecular flexibility index (Phi) is 4.14. The summed E-state index contributed by atoms with van der Waals surface area (Å²) in [4.78, 5) is 13.8. The molecule has 0 bridgehead atoms. The molecule has 0 aromatic carbocycles. The maximum absolute atomic E-state index is 11.9. The van der Waals surface area contributed by atoms with Gasteiger partial charge in [-0.25, -0.2) is 0 Å². The summed E-state index contributed by atoms with van der Waals surface area (Å²) < 4.78 is 0. The van der Waals surface area contributed by atoms with E-state index in [2.05, 4.69) is 26.8 Å². The van der Waals surface area contributed by atoms with Gasteiger partial charge in [-0.2, -0.15) is 0 Å². The van der Waals surface area contributed by atoms with E-state index in [0.717, 1.165) is 19.5 Å². The molecule has 0 radical (unpaired) electrons. The molecule has 3 heteroatoms. The monoisotopic (exact) mass is 224 g/mol. The lowest BCUT2D eigenvalue weighted by Gasteiger charge is -2.33. The van der Waals surface area contributed by atoms with Crippen molar-refractivity contribution in [3.8, 4) is 0 Å². The fourth-order valence-corrected chi connectivity index (χ4v) is 1.96. The molecule has 1 aliphatic rings. The van der Waals surface area contributed by atoms with E-state index in [9.17, 15) is 4.79 Å². The van der Waals surface area contributed by atoms with E-state index in [0.29, 0.717) is 6.54 Å². The molecule has 0 aromatic heterocycles. The number of carbonyl (C=O) groups excluding carboxylic acids is 1. The van der Waals surface area contributed by atoms with Crippen LogP contribution in [-0.2, 0) is 4.79 Å². The molecule has 0 saturated carbocycles. The summed E-state index contributed by atoms with van der Waals surface area (Å²) >= 11 is 0. The maximum Gasteiger partial charge on any atom is 0.226 e. The van der Waals surface area contributed by atoms with Crippen molar-refractivity contribution in [2.75, 3.05) is 19.6 Å². The second-order valence-corrected chi connectivity index (χ2v) is 5.65. The van der Waals surface area contributed by atoms with E-state index in [1.807, 2.05) is 11.8 Å². The highest BCUT2D eigenvalue weighted by atomic mass is 16.2. The van der Waals surface area contributed by atoms with Crippen LogP contribution in [0, 0.1) is 11.3 Å². The molecule has 2 N–H and O–H groups in total. The highest BCUT2D eigenvalue weighted by Gasteiger charge is 2.25. The number of nitrogens with two attached hydrogens (primary N) is 1. The number of carbonyl (C=O) groups is 1. The molecule has 1 heterocycles. The number of rotatable bonds is 2. The van der Waals surface area contributed by atoms with Crippen LogP contribution in [-0.4, -0.2) is 30.4 Å². The summed E-state index contributed by atoms with van der Waals surface area (Å²) in [5, 5.41) is 0. The van der Waals surface area contributed by atoms with Crippen molar-refractivity contribution in [1.29, 1.82) is 0 Å². The molecular formula is C13H24N2O. The Bertz CT molecular complexity index is 289. The van der Waals surface area contributed by atoms with Gasteiger partial charge in [0, 0.05) is 25.6 Å². The first-order valence-corrected chi connectivity index (χ1v) is 6.04. The van der Waals surface area contributed by atoms with Crippen molar-refractivity contribution in [3.63, 3.8) is 0 Å². The average Bonchev–Trinajstić information content (AvgIpc) is 2.26. The SMILES string of the molecule is CC(CN)C(=O)N1CC=C(C(C)(C)C)CC1. The van der Waals surface area contributed by atoms with Crippen LogP contribution in [0.3, 0.4) is 0 Å². The van der Waals surface area contributed by atoms with Gasteiger partial charge in [0.15, 0.2) is 0 Å². The Hall–Kier alpha value is -0.830. The first-order valence-electron chi connectivity index (χ1n) is 6.04. The lowest BCUT2D eigenvalue weighted by Crippen LogP contribution is -2.41. The first-order chi connectivity index (χ1) is 7.36. The Balaban J connectivity index is 2.61. The van der Waals surface area contributed by atoms with E-state index in [4.69, 9.17) is 5.73 Å². The van der Waals surface area contributed by atoms with Crippen molar-refractivity contribution >= 4 is 5.91 Å². The molecule has 0 fully saturated rings. The minimum absolute atomic E-state index is 0.0513. The van der Waals surface area contributed by atoms with Gasteiger partial charge < -0.3 is 10.6 Å². The van der Waals surface area contributed by atoms with Crippen molar-refractivity contribution in [2.24, 2.45) is 17.1 Å². The zero-order valence-electron chi connectivity index (χ0n) is 10.9. The van der Waals surface area contributed by atoms with Crippen LogP contribution in [0.4, 0.5) is 0 Å². The van der Waals surface area contributed by atoms with E-state index in [1.54, 1.807) is 0 Å². The van der Waals surface area contributed by atoms with Crippen molar-refractivity contribution < 1.29 is 4.79 Å². The highest BCUT2D eigenvalue weighted by molar-refractivity contribution is 5.79. The maximum atomic E-state index is 11.9. The van der Waals surface area contributed by atoms with Gasteiger partial charge in [-0.05, 0) is 11.8 Å². The molecule has 1 aliphatic heterocycles. The van der Waals surface area contributed by atoms with Gasteiger partial charge in [0.2, 0.25) is 5.91 Å². The fourth-order valence-electron chi connectivity index (χ4n) is 1.96. The summed E-state index contributed by atoms with van der Waals surface area (Å²) in [6.45, 7) is 10.6. The molecule has 1 unspecified atom stereocenters. The van der Waals surface area contributed by atoms with Crippen molar-refractivity contribution in [1.82, 2.24) is 4.90 Å². The molecule has 1 atom stereocenters. The van der Waals surface area contributed by atoms with E-state index >= 15 is 0 Å². The average molecular weight is 224 g/mol. The summed E-state index contributed by atoms with van der Waals surface area (Å²) in [6.07, 6.45) is 3.19. The van der Waals surface area contributed by atoms with Gasteiger partial charge in [0.1, 0.15) is 0 Å². The number of hydrogen-bond donors (Lipinski definition) is 1. The second kappa shape index (κ2) is 5.00. The smallest absolute Gasteiger partial charge is 0.226 e. The normalized spacial score (nSPS) is 19.3. The van der Waals surface area contributed by atoms with E-state index in [-0.39, 0.29) is 17.2 Å². The molecule has 0 saturated heterocycles. The number of nitrogens with zero attached hydrogens (tertiary/aromatic N) is 1. The third-order valence-corrected chi connectivity index (χ3v) is 3.26. The number of hydrogen-bond acceptors (Lipinski definition) is 2. The van der Waals surface area contributed by atoms with Crippen LogP contribution in [0.15, 0.2) is 11.6 Å². The molecule has 0 aliphatic carbocycles. The molecule has 92 valence electrons. The standard InChI is InChI=1S/C13H24N2O/c1-10(9-14)12(16)15-7-5-11(6-8-15)13(2,3)4/h5,10H,6-9,14H2,1-4H3. The van der Waals surface area contributed by atoms with Crippen LogP contribution in [0.2, 0.25) is 0 Å². The summed E-state index contributed by atoms with van der Waals surface area (Å²) in [7, 11) is 0. The van der Waals surface area contributed by atoms with Gasteiger partial charge in [-0.15, -0.1) is 0 Å². The van der Waals surface area contributed by atoms with Gasteiger partial charge in [0.05, 0.1) is 0 Å². The molecule has 0 spiro atoms. The van der Waals surface area contributed by atoms with E-state index in [1.165, 1.54) is 5.57 Å². The van der Waals surface area contributed by atoms with Crippen LogP contribution in [0.5, 0.6) is 0 Å². The topological polar surface area (TPSA) is 46.3 Å². The summed E-state index contributed by atoms with van der Waals surface area (Å²) in [5.74, 6) is 0.135. The zero-order valence-corrected chi connectivity index (χ0v) is 10.9. The Morgan fingerprint density at radius 2 is 2.19 bits per heavy atom. The van der Waals surface area contributed by atoms with Crippen LogP contribution < -0.4 is 5.73 Å². The Morgan fingerprint density at radius 3 is 2.56 bits per heavy atom. The minimum Gasteiger partial charge on any atom is -0.338 e. The highest BCUT2D eigenvalue weighted by Crippen LogP contribution is 2.30. The Morgan fingerprint density at radius 1 is 1.56 bits per heavy atom.